The van der Waals surface area contributed by atoms with Crippen molar-refractivity contribution in [2.45, 2.75) is 22.6 Å². The molecule has 34 heavy (non-hydrogen) atoms. The van der Waals surface area contributed by atoms with E-state index in [0.717, 1.165) is 32.3 Å². The van der Waals surface area contributed by atoms with Crippen molar-refractivity contribution in [3.05, 3.63) is 124 Å². The summed E-state index contributed by atoms with van der Waals surface area (Å²) in [5, 5.41) is 3.74. The van der Waals surface area contributed by atoms with Gasteiger partial charge in [0.2, 0.25) is 0 Å². The average Bonchev–Trinajstić information content (AvgIpc) is 3.04. The summed E-state index contributed by atoms with van der Waals surface area (Å²) in [6, 6.07) is 31.9. The van der Waals surface area contributed by atoms with Crippen molar-refractivity contribution < 1.29 is 4.79 Å². The van der Waals surface area contributed by atoms with Gasteiger partial charge < -0.3 is 5.32 Å². The van der Waals surface area contributed by atoms with Crippen LogP contribution in [0.3, 0.4) is 0 Å². The summed E-state index contributed by atoms with van der Waals surface area (Å²) < 4.78 is 0. The first kappa shape index (κ1) is 22.5. The Labute approximate surface area is 208 Å². The molecule has 4 aromatic carbocycles. The molecule has 1 atom stereocenters. The fraction of sp³-hybridized carbons (Fsp3) is 0.103. The number of nitrogens with zero attached hydrogens (tertiary/aromatic N) is 1. The van der Waals surface area contributed by atoms with E-state index in [9.17, 15) is 4.79 Å². The molecule has 0 spiro atoms. The van der Waals surface area contributed by atoms with Gasteiger partial charge in [-0.2, -0.15) is 0 Å². The Morgan fingerprint density at radius 1 is 0.912 bits per heavy atom. The van der Waals surface area contributed by atoms with Crippen molar-refractivity contribution in [1.82, 2.24) is 5.32 Å². The first-order valence-electron chi connectivity index (χ1n) is 11.2. The number of aliphatic imine (C=N–C) groups is 1. The van der Waals surface area contributed by atoms with Gasteiger partial charge in [0.25, 0.3) is 5.91 Å². The van der Waals surface area contributed by atoms with Gasteiger partial charge in [-0.15, -0.1) is 0 Å². The Bertz CT molecular complexity index is 1380. The van der Waals surface area contributed by atoms with Gasteiger partial charge in [0.05, 0.1) is 11.4 Å². The summed E-state index contributed by atoms with van der Waals surface area (Å²) in [7, 11) is 0. The molecule has 1 aliphatic rings. The van der Waals surface area contributed by atoms with Gasteiger partial charge in [0.1, 0.15) is 0 Å². The van der Waals surface area contributed by atoms with Crippen LogP contribution < -0.4 is 5.32 Å². The largest absolute Gasteiger partial charge is 0.351 e. The highest BCUT2D eigenvalue weighted by atomic mass is 35.5. The van der Waals surface area contributed by atoms with Gasteiger partial charge in [-0.05, 0) is 47.9 Å². The molecule has 1 heterocycles. The van der Waals surface area contributed by atoms with E-state index in [1.165, 1.54) is 5.56 Å². The SMILES string of the molecule is CC(CNC(=O)c1ccc2c(c1)N=C(c1cccc(Cl)c1)c1ccccc1S2)c1ccccc1. The second kappa shape index (κ2) is 9.88. The summed E-state index contributed by atoms with van der Waals surface area (Å²) in [6.07, 6.45) is 0. The number of amides is 1. The molecule has 3 nitrogen and oxygen atoms in total. The molecular weight excluding hydrogens is 460 g/mol. The molecule has 0 radical (unpaired) electrons. The number of rotatable bonds is 5. The standard InChI is InChI=1S/C29H23ClN2OS/c1-19(20-8-3-2-4-9-20)18-31-29(33)22-14-15-27-25(17-22)32-28(21-10-7-11-23(30)16-21)24-12-5-6-13-26(24)34-27/h2-17,19H,18H2,1H3,(H,31,33). The Morgan fingerprint density at radius 3 is 2.53 bits per heavy atom. The predicted octanol–water partition coefficient (Wildman–Crippen LogP) is 7.51. The smallest absolute Gasteiger partial charge is 0.251 e. The fourth-order valence-corrected chi connectivity index (χ4v) is 5.18. The molecule has 0 bridgehead atoms. The Hall–Kier alpha value is -3.34. The molecule has 0 aliphatic carbocycles. The minimum Gasteiger partial charge on any atom is -0.351 e. The molecule has 4 aromatic rings. The molecular formula is C29H23ClN2OS. The van der Waals surface area contributed by atoms with Crippen LogP contribution in [0.2, 0.25) is 5.02 Å². The Kier molecular flexibility index (Phi) is 6.52. The maximum absolute atomic E-state index is 13.0. The molecule has 0 fully saturated rings. The van der Waals surface area contributed by atoms with E-state index >= 15 is 0 Å². The average molecular weight is 483 g/mol. The van der Waals surface area contributed by atoms with Crippen LogP contribution in [0.5, 0.6) is 0 Å². The molecule has 5 heteroatoms. The van der Waals surface area contributed by atoms with Crippen molar-refractivity contribution >= 4 is 40.7 Å². The van der Waals surface area contributed by atoms with Crippen LogP contribution in [0.4, 0.5) is 5.69 Å². The topological polar surface area (TPSA) is 41.5 Å². The minimum atomic E-state index is -0.100. The van der Waals surface area contributed by atoms with Crippen LogP contribution in [-0.2, 0) is 0 Å². The highest BCUT2D eigenvalue weighted by Gasteiger charge is 2.20. The number of nitrogens with one attached hydrogen (secondary N) is 1. The molecule has 0 saturated carbocycles. The number of benzene rings is 4. The van der Waals surface area contributed by atoms with E-state index in [1.54, 1.807) is 11.8 Å². The summed E-state index contributed by atoms with van der Waals surface area (Å²) in [4.78, 5) is 20.1. The molecule has 1 unspecified atom stereocenters. The monoisotopic (exact) mass is 482 g/mol. The van der Waals surface area contributed by atoms with Gasteiger partial charge in [-0.1, -0.05) is 91.0 Å². The zero-order valence-electron chi connectivity index (χ0n) is 18.7. The van der Waals surface area contributed by atoms with Crippen molar-refractivity contribution in [3.63, 3.8) is 0 Å². The summed E-state index contributed by atoms with van der Waals surface area (Å²) in [5.41, 5.74) is 5.42. The predicted molar refractivity (Wildman–Crippen MR) is 141 cm³/mol. The van der Waals surface area contributed by atoms with Crippen LogP contribution >= 0.6 is 23.4 Å². The third kappa shape index (κ3) is 4.79. The number of fused-ring (bicyclic) bond motifs is 2. The fourth-order valence-electron chi connectivity index (χ4n) is 3.99. The summed E-state index contributed by atoms with van der Waals surface area (Å²) in [5.74, 6) is 0.125. The Balaban J connectivity index is 1.46. The molecule has 1 N–H and O–H groups in total. The van der Waals surface area contributed by atoms with E-state index in [2.05, 4.69) is 36.5 Å². The first-order valence-corrected chi connectivity index (χ1v) is 12.4. The quantitative estimate of drug-likeness (QED) is 0.281. The number of carbonyl (C=O) groups excluding carboxylic acids is 1. The maximum Gasteiger partial charge on any atom is 0.251 e. The molecule has 168 valence electrons. The van der Waals surface area contributed by atoms with Crippen molar-refractivity contribution in [1.29, 1.82) is 0 Å². The lowest BCUT2D eigenvalue weighted by molar-refractivity contribution is 0.0951. The third-order valence-corrected chi connectivity index (χ3v) is 7.23. The normalized spacial score (nSPS) is 13.2. The Morgan fingerprint density at radius 2 is 1.71 bits per heavy atom. The van der Waals surface area contributed by atoms with Crippen LogP contribution in [0.1, 0.15) is 39.9 Å². The van der Waals surface area contributed by atoms with Gasteiger partial charge in [-0.25, -0.2) is 4.99 Å². The minimum absolute atomic E-state index is 0.100. The lowest BCUT2D eigenvalue weighted by Crippen LogP contribution is -2.27. The van der Waals surface area contributed by atoms with Crippen molar-refractivity contribution in [3.8, 4) is 0 Å². The van der Waals surface area contributed by atoms with Crippen LogP contribution in [0, 0.1) is 0 Å². The molecule has 1 aliphatic heterocycles. The van der Waals surface area contributed by atoms with Crippen molar-refractivity contribution in [2.24, 2.45) is 4.99 Å². The van der Waals surface area contributed by atoms with Gasteiger partial charge >= 0.3 is 0 Å². The number of carbonyl (C=O) groups is 1. The first-order chi connectivity index (χ1) is 16.6. The molecule has 1 amide bonds. The van der Waals surface area contributed by atoms with E-state index in [0.29, 0.717) is 17.1 Å². The van der Waals surface area contributed by atoms with Gasteiger partial charge in [0, 0.05) is 38.0 Å². The second-order valence-electron chi connectivity index (χ2n) is 8.27. The number of hydrogen-bond donors (Lipinski definition) is 1. The maximum atomic E-state index is 13.0. The molecule has 0 saturated heterocycles. The van der Waals surface area contributed by atoms with E-state index < -0.39 is 0 Å². The summed E-state index contributed by atoms with van der Waals surface area (Å²) >= 11 is 7.95. The highest BCUT2D eigenvalue weighted by molar-refractivity contribution is 7.99. The number of hydrogen-bond acceptors (Lipinski definition) is 3. The lowest BCUT2D eigenvalue weighted by atomic mass is 10.0. The summed E-state index contributed by atoms with van der Waals surface area (Å²) in [6.45, 7) is 2.68. The zero-order valence-corrected chi connectivity index (χ0v) is 20.2. The van der Waals surface area contributed by atoms with Gasteiger partial charge in [0.15, 0.2) is 0 Å². The third-order valence-electron chi connectivity index (χ3n) is 5.85. The van der Waals surface area contributed by atoms with E-state index in [4.69, 9.17) is 16.6 Å². The van der Waals surface area contributed by atoms with Crippen LogP contribution in [0.25, 0.3) is 0 Å². The van der Waals surface area contributed by atoms with E-state index in [1.807, 2.05) is 72.8 Å². The lowest BCUT2D eigenvalue weighted by Gasteiger charge is -2.13. The zero-order chi connectivity index (χ0) is 23.5. The van der Waals surface area contributed by atoms with E-state index in [-0.39, 0.29) is 11.8 Å². The second-order valence-corrected chi connectivity index (χ2v) is 9.79. The van der Waals surface area contributed by atoms with Crippen molar-refractivity contribution in [2.75, 3.05) is 6.54 Å². The highest BCUT2D eigenvalue weighted by Crippen LogP contribution is 2.41. The molecule has 0 aromatic heterocycles. The number of halogens is 1. The van der Waals surface area contributed by atoms with Gasteiger partial charge in [-0.3, -0.25) is 4.79 Å². The van der Waals surface area contributed by atoms with Crippen LogP contribution in [0.15, 0.2) is 112 Å². The van der Waals surface area contributed by atoms with Crippen LogP contribution in [-0.4, -0.2) is 18.2 Å². The molecule has 5 rings (SSSR count).